The quantitative estimate of drug-likeness (QED) is 0.0320. The number of rotatable bonds is 67. The van der Waals surface area contributed by atoms with Crippen molar-refractivity contribution in [3.05, 3.63) is 36.5 Å². The molecule has 79 heavy (non-hydrogen) atoms. The molecule has 0 spiro atoms. The molecule has 3 N–H and O–H groups in total. The van der Waals surface area contributed by atoms with Gasteiger partial charge in [0.1, 0.15) is 0 Å². The highest BCUT2D eigenvalue weighted by molar-refractivity contribution is 5.76. The number of aliphatic hydroxyl groups excluding tert-OH is 2. The van der Waals surface area contributed by atoms with Crippen molar-refractivity contribution in [3.8, 4) is 0 Å². The van der Waals surface area contributed by atoms with Gasteiger partial charge in [-0.2, -0.15) is 0 Å². The molecule has 0 aliphatic rings. The van der Waals surface area contributed by atoms with Gasteiger partial charge in [-0.25, -0.2) is 0 Å². The SMILES string of the molecule is CCCCCC/C=C\CCCCCCCC(=O)OCCCCCCCCCCCCCCCCC/C=C\C/C=C\CCCCCCCCCCCCCCCCCCCC(=O)NC(CO)C(O)CCCCCCCCCCCC. The van der Waals surface area contributed by atoms with Crippen molar-refractivity contribution in [2.24, 2.45) is 0 Å². The number of unbranched alkanes of at least 4 members (excludes halogenated alkanes) is 50. The van der Waals surface area contributed by atoms with Gasteiger partial charge in [0.25, 0.3) is 0 Å². The van der Waals surface area contributed by atoms with Gasteiger partial charge in [-0.15, -0.1) is 0 Å². The molecule has 0 rings (SSSR count). The summed E-state index contributed by atoms with van der Waals surface area (Å²) >= 11 is 0. The number of hydrogen-bond donors (Lipinski definition) is 3. The number of esters is 1. The van der Waals surface area contributed by atoms with E-state index in [0.717, 1.165) is 51.4 Å². The van der Waals surface area contributed by atoms with E-state index in [1.807, 2.05) is 0 Å². The van der Waals surface area contributed by atoms with Crippen LogP contribution in [0.5, 0.6) is 0 Å². The molecular weight excluding hydrogens is 971 g/mol. The number of carbonyl (C=O) groups excluding carboxylic acids is 2. The number of hydrogen-bond acceptors (Lipinski definition) is 5. The lowest BCUT2D eigenvalue weighted by Crippen LogP contribution is -2.45. The molecule has 0 radical (unpaired) electrons. The lowest BCUT2D eigenvalue weighted by Gasteiger charge is -2.22. The highest BCUT2D eigenvalue weighted by Gasteiger charge is 2.20. The van der Waals surface area contributed by atoms with E-state index in [2.05, 4.69) is 55.6 Å². The van der Waals surface area contributed by atoms with Crippen molar-refractivity contribution in [2.75, 3.05) is 13.2 Å². The van der Waals surface area contributed by atoms with Crippen molar-refractivity contribution >= 4 is 11.9 Å². The van der Waals surface area contributed by atoms with E-state index in [0.29, 0.717) is 25.9 Å². The molecule has 0 aromatic rings. The Kier molecular flexibility index (Phi) is 66.9. The van der Waals surface area contributed by atoms with Crippen LogP contribution in [0.4, 0.5) is 0 Å². The normalized spacial score (nSPS) is 12.7. The minimum atomic E-state index is -0.660. The Morgan fingerprint density at radius 1 is 0.354 bits per heavy atom. The summed E-state index contributed by atoms with van der Waals surface area (Å²) in [6.45, 7) is 4.94. The molecule has 0 heterocycles. The number of carbonyl (C=O) groups is 2. The Morgan fingerprint density at radius 2 is 0.633 bits per heavy atom. The van der Waals surface area contributed by atoms with Gasteiger partial charge in [0, 0.05) is 12.8 Å². The van der Waals surface area contributed by atoms with Gasteiger partial charge in [0.05, 0.1) is 25.4 Å². The second kappa shape index (κ2) is 68.6. The first-order chi connectivity index (χ1) is 39.0. The van der Waals surface area contributed by atoms with Gasteiger partial charge >= 0.3 is 5.97 Å². The van der Waals surface area contributed by atoms with Crippen molar-refractivity contribution in [3.63, 3.8) is 0 Å². The van der Waals surface area contributed by atoms with E-state index in [1.165, 1.54) is 308 Å². The summed E-state index contributed by atoms with van der Waals surface area (Å²) in [4.78, 5) is 24.5. The summed E-state index contributed by atoms with van der Waals surface area (Å²) in [5.74, 6) is -0.0208. The molecule has 0 aliphatic heterocycles. The van der Waals surface area contributed by atoms with Gasteiger partial charge in [0.2, 0.25) is 5.91 Å². The van der Waals surface area contributed by atoms with Gasteiger partial charge in [-0.05, 0) is 83.5 Å². The number of nitrogens with one attached hydrogen (secondary N) is 1. The zero-order valence-electron chi connectivity index (χ0n) is 53.4. The summed E-state index contributed by atoms with van der Waals surface area (Å²) < 4.78 is 5.48. The summed E-state index contributed by atoms with van der Waals surface area (Å²) in [5.41, 5.74) is 0. The fraction of sp³-hybridized carbons (Fsp3) is 0.890. The van der Waals surface area contributed by atoms with Crippen LogP contribution in [0.3, 0.4) is 0 Å². The Morgan fingerprint density at radius 3 is 0.987 bits per heavy atom. The van der Waals surface area contributed by atoms with Gasteiger partial charge in [-0.1, -0.05) is 333 Å². The Labute approximate surface area is 494 Å². The van der Waals surface area contributed by atoms with Gasteiger partial charge in [0.15, 0.2) is 0 Å². The number of allylic oxidation sites excluding steroid dienone is 6. The topological polar surface area (TPSA) is 95.9 Å². The highest BCUT2D eigenvalue weighted by Crippen LogP contribution is 2.19. The largest absolute Gasteiger partial charge is 0.466 e. The summed E-state index contributed by atoms with van der Waals surface area (Å²) in [5, 5.41) is 23.2. The summed E-state index contributed by atoms with van der Waals surface area (Å²) in [6, 6.07) is -0.537. The molecule has 0 aromatic carbocycles. The minimum absolute atomic E-state index is 0.0112. The third-order valence-electron chi connectivity index (χ3n) is 16.7. The van der Waals surface area contributed by atoms with Crippen LogP contribution in [0.2, 0.25) is 0 Å². The number of ether oxygens (including phenoxy) is 1. The first-order valence-electron chi connectivity index (χ1n) is 35.7. The average Bonchev–Trinajstić information content (AvgIpc) is 3.45. The predicted octanol–water partition coefficient (Wildman–Crippen LogP) is 23.1. The molecule has 2 atom stereocenters. The fourth-order valence-electron chi connectivity index (χ4n) is 11.2. The van der Waals surface area contributed by atoms with E-state index in [4.69, 9.17) is 4.74 Å². The lowest BCUT2D eigenvalue weighted by atomic mass is 10.0. The number of amides is 1. The predicted molar refractivity (Wildman–Crippen MR) is 347 cm³/mol. The van der Waals surface area contributed by atoms with Crippen LogP contribution in [0.1, 0.15) is 393 Å². The second-order valence-electron chi connectivity index (χ2n) is 24.6. The van der Waals surface area contributed by atoms with Crippen LogP contribution in [0, 0.1) is 0 Å². The molecule has 0 bridgehead atoms. The zero-order chi connectivity index (χ0) is 57.1. The molecule has 466 valence electrons. The van der Waals surface area contributed by atoms with Crippen LogP contribution in [-0.2, 0) is 14.3 Å². The number of aliphatic hydroxyl groups is 2. The lowest BCUT2D eigenvalue weighted by molar-refractivity contribution is -0.143. The molecule has 0 aliphatic carbocycles. The van der Waals surface area contributed by atoms with Crippen molar-refractivity contribution in [1.82, 2.24) is 5.32 Å². The monoisotopic (exact) mass is 1110 g/mol. The first kappa shape index (κ1) is 77.1. The molecular formula is C73H139NO5. The van der Waals surface area contributed by atoms with E-state index in [-0.39, 0.29) is 18.5 Å². The molecule has 6 nitrogen and oxygen atoms in total. The van der Waals surface area contributed by atoms with Crippen molar-refractivity contribution < 1.29 is 24.5 Å². The van der Waals surface area contributed by atoms with Crippen molar-refractivity contribution in [1.29, 1.82) is 0 Å². The van der Waals surface area contributed by atoms with Crippen LogP contribution in [0.25, 0.3) is 0 Å². The second-order valence-corrected chi connectivity index (χ2v) is 24.6. The average molecular weight is 1110 g/mol. The Hall–Kier alpha value is -1.92. The molecule has 0 fully saturated rings. The van der Waals surface area contributed by atoms with Crippen LogP contribution < -0.4 is 5.32 Å². The first-order valence-corrected chi connectivity index (χ1v) is 35.7. The molecule has 0 saturated heterocycles. The summed E-state index contributed by atoms with van der Waals surface area (Å²) in [7, 11) is 0. The van der Waals surface area contributed by atoms with E-state index in [9.17, 15) is 19.8 Å². The highest BCUT2D eigenvalue weighted by atomic mass is 16.5. The fourth-order valence-corrected chi connectivity index (χ4v) is 11.2. The van der Waals surface area contributed by atoms with E-state index >= 15 is 0 Å². The maximum Gasteiger partial charge on any atom is 0.305 e. The molecule has 2 unspecified atom stereocenters. The maximum absolute atomic E-state index is 12.4. The van der Waals surface area contributed by atoms with E-state index < -0.39 is 12.1 Å². The molecule has 6 heteroatoms. The van der Waals surface area contributed by atoms with Crippen LogP contribution in [0.15, 0.2) is 36.5 Å². The zero-order valence-corrected chi connectivity index (χ0v) is 53.4. The smallest absolute Gasteiger partial charge is 0.305 e. The molecule has 0 aromatic heterocycles. The Balaban J connectivity index is 3.33. The summed E-state index contributed by atoms with van der Waals surface area (Å²) in [6.07, 6.45) is 88.0. The third kappa shape index (κ3) is 65.1. The minimum Gasteiger partial charge on any atom is -0.466 e. The third-order valence-corrected chi connectivity index (χ3v) is 16.7. The van der Waals surface area contributed by atoms with Gasteiger partial charge < -0.3 is 20.3 Å². The molecule has 0 saturated carbocycles. The standard InChI is InChI=1S/C73H139NO5/c1-3-5-7-9-11-13-15-43-47-51-55-59-63-67-73(78)79-68-64-60-56-52-48-45-42-40-38-36-34-32-30-28-26-24-22-20-18-16-17-19-21-23-25-27-29-31-33-35-37-39-41-44-46-50-54-58-62-66-72(77)74-70(69-75)71(76)65-61-57-53-49-14-12-10-8-6-4-2/h13,15-17,20,22,70-71,75-76H,3-12,14,18-19,21,23-69H2,1-2H3,(H,74,77)/b15-13-,17-16-,22-20-. The Bertz CT molecular complexity index is 1280. The van der Waals surface area contributed by atoms with Gasteiger partial charge in [-0.3, -0.25) is 9.59 Å². The maximum atomic E-state index is 12.4. The van der Waals surface area contributed by atoms with Crippen LogP contribution in [-0.4, -0.2) is 47.4 Å². The van der Waals surface area contributed by atoms with Crippen LogP contribution >= 0.6 is 0 Å². The van der Waals surface area contributed by atoms with E-state index in [1.54, 1.807) is 0 Å². The molecule has 1 amide bonds. The van der Waals surface area contributed by atoms with Crippen molar-refractivity contribution in [2.45, 2.75) is 405 Å².